The Morgan fingerprint density at radius 2 is 0.932 bits per heavy atom. The maximum atomic E-state index is 8.71. The average Bonchev–Trinajstić information content (AvgIpc) is 2.98. The largest absolute Gasteiger partial charge is 0.408 e. The van der Waals surface area contributed by atoms with Crippen molar-refractivity contribution in [1.82, 2.24) is 0 Å². The fraction of sp³-hybridized carbons (Fsp3) is 0.211. The van der Waals surface area contributed by atoms with Gasteiger partial charge >= 0.3 is 0 Å². The molecule has 0 spiro atoms. The third-order valence-electron chi connectivity index (χ3n) is 7.25. The summed E-state index contributed by atoms with van der Waals surface area (Å²) in [5, 5.41) is 17.2. The number of hydrogen-bond acceptors (Lipinski definition) is 6. The van der Waals surface area contributed by atoms with E-state index >= 15 is 0 Å². The second-order valence-electron chi connectivity index (χ2n) is 10.8. The Morgan fingerprint density at radius 1 is 0.568 bits per heavy atom. The number of terminal acetylenes is 2. The van der Waals surface area contributed by atoms with Crippen LogP contribution in [0.2, 0.25) is 0 Å². The van der Waals surface area contributed by atoms with E-state index in [0.717, 1.165) is 45.6 Å². The fourth-order valence-corrected chi connectivity index (χ4v) is 5.11. The molecule has 0 heterocycles. The van der Waals surface area contributed by atoms with Gasteiger partial charge in [0.05, 0.1) is 0 Å². The number of nitriles is 2. The topological polar surface area (TPSA) is 84.5 Å². The third kappa shape index (κ3) is 8.14. The van der Waals surface area contributed by atoms with E-state index < -0.39 is 0 Å². The number of benzene rings is 4. The lowest BCUT2D eigenvalue weighted by Crippen LogP contribution is -2.18. The summed E-state index contributed by atoms with van der Waals surface area (Å²) in [5.74, 6) is 2.58. The first-order valence-corrected chi connectivity index (χ1v) is 13.8. The van der Waals surface area contributed by atoms with Crippen LogP contribution in [-0.4, -0.2) is 0 Å². The predicted molar refractivity (Wildman–Crippen MR) is 171 cm³/mol. The van der Waals surface area contributed by atoms with Gasteiger partial charge in [0, 0.05) is 5.41 Å². The zero-order chi connectivity index (χ0) is 32.3. The van der Waals surface area contributed by atoms with Gasteiger partial charge in [-0.15, -0.1) is 10.5 Å². The number of nitrogens with zero attached hydrogens (tertiary/aromatic N) is 2. The van der Waals surface area contributed by atoms with E-state index in [2.05, 4.69) is 50.3 Å². The van der Waals surface area contributed by atoms with Gasteiger partial charge in [0.15, 0.2) is 0 Å². The molecule has 0 fully saturated rings. The molecular weight excluding hydrogens is 548 g/mol. The van der Waals surface area contributed by atoms with Gasteiger partial charge in [-0.05, 0) is 103 Å². The van der Waals surface area contributed by atoms with Gasteiger partial charge in [-0.2, -0.15) is 0 Å². The van der Waals surface area contributed by atoms with E-state index in [1.807, 2.05) is 64.1 Å². The zero-order valence-corrected chi connectivity index (χ0v) is 25.8. The molecule has 0 aromatic heterocycles. The highest BCUT2D eigenvalue weighted by Crippen LogP contribution is 2.33. The van der Waals surface area contributed by atoms with Crippen molar-refractivity contribution < 1.29 is 18.9 Å². The van der Waals surface area contributed by atoms with E-state index in [1.165, 1.54) is 11.1 Å². The smallest absolute Gasteiger partial charge is 0.292 e. The summed E-state index contributed by atoms with van der Waals surface area (Å²) in [6, 6.07) is 23.5. The summed E-state index contributed by atoms with van der Waals surface area (Å²) < 4.78 is 20.1. The van der Waals surface area contributed by atoms with Crippen molar-refractivity contribution in [3.05, 3.63) is 117 Å². The van der Waals surface area contributed by atoms with Crippen LogP contribution in [0.15, 0.2) is 72.8 Å². The van der Waals surface area contributed by atoms with Crippen LogP contribution < -0.4 is 18.9 Å². The van der Waals surface area contributed by atoms with Crippen molar-refractivity contribution in [2.45, 2.75) is 53.4 Å². The molecule has 0 saturated heterocycles. The van der Waals surface area contributed by atoms with Crippen molar-refractivity contribution in [1.29, 1.82) is 10.5 Å². The molecular formula is C38H34N2O4. The van der Waals surface area contributed by atoms with Crippen LogP contribution in [0.5, 0.6) is 23.0 Å². The van der Waals surface area contributed by atoms with Crippen LogP contribution in [0.1, 0.15) is 58.4 Å². The molecule has 4 aromatic carbocycles. The van der Waals surface area contributed by atoms with Crippen molar-refractivity contribution in [2.24, 2.45) is 0 Å². The Bertz CT molecular complexity index is 1600. The summed E-state index contributed by atoms with van der Waals surface area (Å²) in [6.07, 6.45) is 18.9. The minimum atomic E-state index is -0.181. The molecule has 0 amide bonds. The molecule has 0 bridgehead atoms. The molecule has 0 saturated carbocycles. The quantitative estimate of drug-likeness (QED) is 0.154. The highest BCUT2D eigenvalue weighted by molar-refractivity contribution is 5.48. The second kappa shape index (κ2) is 14.9. The molecule has 6 heteroatoms. The maximum absolute atomic E-state index is 8.71. The molecule has 4 rings (SSSR count). The number of rotatable bonds is 8. The molecule has 0 radical (unpaired) electrons. The molecule has 44 heavy (non-hydrogen) atoms. The number of aryl methyl sites for hydroxylation is 4. The molecule has 0 unspecified atom stereocenters. The Morgan fingerprint density at radius 3 is 1.30 bits per heavy atom. The molecule has 0 atom stereocenters. The summed E-state index contributed by atoms with van der Waals surface area (Å²) in [7, 11) is 0. The lowest BCUT2D eigenvalue weighted by molar-refractivity contribution is 0.498. The zero-order valence-electron chi connectivity index (χ0n) is 25.8. The van der Waals surface area contributed by atoms with Gasteiger partial charge < -0.3 is 18.9 Å². The highest BCUT2D eigenvalue weighted by Gasteiger charge is 2.23. The van der Waals surface area contributed by atoms with E-state index in [4.69, 9.17) is 42.3 Å². The predicted octanol–water partition coefficient (Wildman–Crippen LogP) is 8.18. The first-order chi connectivity index (χ1) is 21.0. The molecule has 6 nitrogen and oxygen atoms in total. The Kier molecular flexibility index (Phi) is 11.1. The normalized spacial score (nSPS) is 10.0. The van der Waals surface area contributed by atoms with Crippen LogP contribution >= 0.6 is 0 Å². The fourth-order valence-electron chi connectivity index (χ4n) is 5.11. The second-order valence-corrected chi connectivity index (χ2v) is 10.8. The first kappa shape index (κ1) is 32.7. The molecule has 0 N–H and O–H groups in total. The maximum Gasteiger partial charge on any atom is 0.292 e. The minimum absolute atomic E-state index is 0.181. The van der Waals surface area contributed by atoms with E-state index in [0.29, 0.717) is 17.2 Å². The Labute approximate surface area is 260 Å². The van der Waals surface area contributed by atoms with Crippen molar-refractivity contribution in [3.8, 4) is 60.6 Å². The van der Waals surface area contributed by atoms with Crippen molar-refractivity contribution in [3.63, 3.8) is 0 Å². The Hall–Kier alpha value is -5.82. The van der Waals surface area contributed by atoms with Crippen LogP contribution in [0.3, 0.4) is 0 Å². The molecule has 0 aliphatic heterocycles. The van der Waals surface area contributed by atoms with Crippen molar-refractivity contribution >= 4 is 0 Å². The van der Waals surface area contributed by atoms with Crippen LogP contribution in [-0.2, 0) is 11.8 Å². The monoisotopic (exact) mass is 582 g/mol. The minimum Gasteiger partial charge on any atom is -0.408 e. The first-order valence-electron chi connectivity index (χ1n) is 13.8. The van der Waals surface area contributed by atoms with E-state index in [9.17, 15) is 0 Å². The number of hydrogen-bond donors (Lipinski definition) is 0. The highest BCUT2D eigenvalue weighted by atomic mass is 16.5. The third-order valence-corrected chi connectivity index (χ3v) is 7.25. The van der Waals surface area contributed by atoms with Gasteiger partial charge in [0.25, 0.3) is 12.5 Å². The summed E-state index contributed by atoms with van der Waals surface area (Å²) >= 11 is 0. The number of ether oxygens (including phenoxy) is 4. The van der Waals surface area contributed by atoms with Crippen molar-refractivity contribution in [2.75, 3.05) is 0 Å². The average molecular weight is 583 g/mol. The molecule has 0 aliphatic carbocycles. The summed E-state index contributed by atoms with van der Waals surface area (Å²) in [6.45, 7) is 12.1. The lowest BCUT2D eigenvalue weighted by Gasteiger charge is -2.26. The van der Waals surface area contributed by atoms with E-state index in [1.54, 1.807) is 24.6 Å². The SMILES string of the molecule is C#COc1c(C)cc(Cc2cc(C)c(OC#N)c(C)c2)cc1C.C#COc1ccc(C(C)(C)c2ccc(OC#N)cc2)cc1. The van der Waals surface area contributed by atoms with Crippen LogP contribution in [0, 0.1) is 75.8 Å². The van der Waals surface area contributed by atoms with E-state index in [-0.39, 0.29) is 5.41 Å². The lowest BCUT2D eigenvalue weighted by atomic mass is 9.78. The van der Waals surface area contributed by atoms with Crippen LogP contribution in [0.4, 0.5) is 0 Å². The van der Waals surface area contributed by atoms with Gasteiger partial charge in [0.1, 0.15) is 35.2 Å². The standard InChI is InChI=1S/C20H19NO2.C18H15NO2/c1-6-22-19-13(2)7-17(8-14(19)3)11-18-9-15(4)20(23-12-21)16(5)10-18;1-4-20-16-9-5-14(6-10-16)18(2,3)15-7-11-17(12-8-15)21-13-19/h1,7-10H,11H2,2-5H3;1,5-12H,2-3H3. The van der Waals surface area contributed by atoms with Gasteiger partial charge in [0.2, 0.25) is 0 Å². The van der Waals surface area contributed by atoms with Gasteiger partial charge in [-0.25, -0.2) is 0 Å². The van der Waals surface area contributed by atoms with Gasteiger partial charge in [-0.3, -0.25) is 0 Å². The van der Waals surface area contributed by atoms with Crippen LogP contribution in [0.25, 0.3) is 0 Å². The Balaban J connectivity index is 0.000000241. The molecule has 220 valence electrons. The summed E-state index contributed by atoms with van der Waals surface area (Å²) in [4.78, 5) is 0. The van der Waals surface area contributed by atoms with Gasteiger partial charge in [-0.1, -0.05) is 75.2 Å². The molecule has 0 aliphatic rings. The summed E-state index contributed by atoms with van der Waals surface area (Å²) in [5.41, 5.74) is 8.42. The molecule has 4 aromatic rings.